The monoisotopic (exact) mass is 391 g/mol. The number of alkyl halides is 3. The molecule has 0 radical (unpaired) electrons. The van der Waals surface area contributed by atoms with E-state index in [1.54, 1.807) is 24.4 Å². The van der Waals surface area contributed by atoms with Crippen LogP contribution in [0.3, 0.4) is 0 Å². The lowest BCUT2D eigenvalue weighted by molar-refractivity contribution is -0.139. The number of benzene rings is 1. The van der Waals surface area contributed by atoms with E-state index in [1.165, 1.54) is 11.0 Å². The molecule has 0 spiro atoms. The SMILES string of the molecule is O=C(NCc1ccccn1)C1CCC(=O)N(Cc2cccc(C(F)(F)F)c2)C1. The molecule has 8 heteroatoms. The minimum Gasteiger partial charge on any atom is -0.350 e. The zero-order chi connectivity index (χ0) is 20.1. The summed E-state index contributed by atoms with van der Waals surface area (Å²) in [5, 5.41) is 2.81. The number of halogens is 3. The smallest absolute Gasteiger partial charge is 0.350 e. The van der Waals surface area contributed by atoms with Gasteiger partial charge in [-0.1, -0.05) is 18.2 Å². The molecule has 3 rings (SSSR count). The first-order valence-corrected chi connectivity index (χ1v) is 8.94. The van der Waals surface area contributed by atoms with Crippen molar-refractivity contribution in [3.63, 3.8) is 0 Å². The van der Waals surface area contributed by atoms with Crippen molar-refractivity contribution < 1.29 is 22.8 Å². The van der Waals surface area contributed by atoms with E-state index in [4.69, 9.17) is 0 Å². The van der Waals surface area contributed by atoms with Crippen LogP contribution in [0.4, 0.5) is 13.2 Å². The summed E-state index contributed by atoms with van der Waals surface area (Å²) in [7, 11) is 0. The minimum absolute atomic E-state index is 0.0484. The fourth-order valence-electron chi connectivity index (χ4n) is 3.17. The molecule has 1 aliphatic heterocycles. The lowest BCUT2D eigenvalue weighted by Crippen LogP contribution is -2.45. The van der Waals surface area contributed by atoms with Gasteiger partial charge in [0.2, 0.25) is 11.8 Å². The fourth-order valence-corrected chi connectivity index (χ4v) is 3.17. The highest BCUT2D eigenvalue weighted by molar-refractivity contribution is 5.83. The number of carbonyl (C=O) groups is 2. The van der Waals surface area contributed by atoms with Crippen molar-refractivity contribution in [1.82, 2.24) is 15.2 Å². The summed E-state index contributed by atoms with van der Waals surface area (Å²) in [6.07, 6.45) is -2.18. The predicted octanol–water partition coefficient (Wildman–Crippen LogP) is 3.16. The zero-order valence-corrected chi connectivity index (χ0v) is 15.1. The number of rotatable bonds is 5. The highest BCUT2D eigenvalue weighted by Crippen LogP contribution is 2.30. The molecule has 1 atom stereocenters. The van der Waals surface area contributed by atoms with Crippen LogP contribution < -0.4 is 5.32 Å². The van der Waals surface area contributed by atoms with E-state index >= 15 is 0 Å². The molecule has 0 bridgehead atoms. The summed E-state index contributed by atoms with van der Waals surface area (Å²) < 4.78 is 38.6. The van der Waals surface area contributed by atoms with Gasteiger partial charge < -0.3 is 10.2 Å². The predicted molar refractivity (Wildman–Crippen MR) is 95.7 cm³/mol. The number of aromatic nitrogens is 1. The Hall–Kier alpha value is -2.90. The first kappa shape index (κ1) is 19.9. The average molecular weight is 391 g/mol. The van der Waals surface area contributed by atoms with Gasteiger partial charge in [-0.25, -0.2) is 0 Å². The second-order valence-corrected chi connectivity index (χ2v) is 6.75. The molecule has 0 saturated carbocycles. The van der Waals surface area contributed by atoms with E-state index in [1.807, 2.05) is 6.07 Å². The van der Waals surface area contributed by atoms with Crippen molar-refractivity contribution in [3.05, 3.63) is 65.5 Å². The number of likely N-dealkylation sites (tertiary alicyclic amines) is 1. The third kappa shape index (κ3) is 5.09. The molecule has 1 saturated heterocycles. The second kappa shape index (κ2) is 8.41. The van der Waals surface area contributed by atoms with Crippen molar-refractivity contribution in [2.24, 2.45) is 5.92 Å². The average Bonchev–Trinajstić information content (AvgIpc) is 2.68. The van der Waals surface area contributed by atoms with Gasteiger partial charge in [-0.2, -0.15) is 13.2 Å². The maximum absolute atomic E-state index is 12.9. The Kier molecular flexibility index (Phi) is 5.96. The first-order valence-electron chi connectivity index (χ1n) is 8.94. The van der Waals surface area contributed by atoms with Gasteiger partial charge in [0, 0.05) is 25.7 Å². The number of pyridine rings is 1. The van der Waals surface area contributed by atoms with Crippen molar-refractivity contribution in [1.29, 1.82) is 0 Å². The normalized spacial score (nSPS) is 17.5. The summed E-state index contributed by atoms with van der Waals surface area (Å²) in [4.78, 5) is 30.2. The Bertz CT molecular complexity index is 840. The Morgan fingerprint density at radius 3 is 2.75 bits per heavy atom. The van der Waals surface area contributed by atoms with Gasteiger partial charge in [0.15, 0.2) is 0 Å². The van der Waals surface area contributed by atoms with Crippen LogP contribution in [0, 0.1) is 5.92 Å². The number of hydrogen-bond donors (Lipinski definition) is 1. The molecule has 148 valence electrons. The molecule has 0 aliphatic carbocycles. The molecule has 28 heavy (non-hydrogen) atoms. The maximum Gasteiger partial charge on any atom is 0.416 e. The number of nitrogens with one attached hydrogen (secondary N) is 1. The standard InChI is InChI=1S/C20H20F3N3O2/c21-20(22,23)16-5-3-4-14(10-16)12-26-13-15(7-8-18(26)27)19(28)25-11-17-6-1-2-9-24-17/h1-6,9-10,15H,7-8,11-13H2,(H,25,28). The molecule has 1 aliphatic rings. The van der Waals surface area contributed by atoms with Crippen LogP contribution in [0.1, 0.15) is 29.7 Å². The first-order chi connectivity index (χ1) is 13.3. The summed E-state index contributed by atoms with van der Waals surface area (Å²) in [5.74, 6) is -0.745. The van der Waals surface area contributed by atoms with Crippen LogP contribution in [0.15, 0.2) is 48.7 Å². The number of hydrogen-bond acceptors (Lipinski definition) is 3. The number of nitrogens with zero attached hydrogens (tertiary/aromatic N) is 2. The Labute approximate surface area is 160 Å². The van der Waals surface area contributed by atoms with Gasteiger partial charge in [-0.3, -0.25) is 14.6 Å². The molecule has 1 N–H and O–H groups in total. The van der Waals surface area contributed by atoms with E-state index in [9.17, 15) is 22.8 Å². The van der Waals surface area contributed by atoms with Crippen LogP contribution in [0.5, 0.6) is 0 Å². The number of piperidine rings is 1. The van der Waals surface area contributed by atoms with Crippen LogP contribution in [-0.2, 0) is 28.9 Å². The van der Waals surface area contributed by atoms with Crippen molar-refractivity contribution >= 4 is 11.8 Å². The highest BCUT2D eigenvalue weighted by Gasteiger charge is 2.32. The van der Waals surface area contributed by atoms with Gasteiger partial charge in [0.25, 0.3) is 0 Å². The van der Waals surface area contributed by atoms with Crippen LogP contribution >= 0.6 is 0 Å². The van der Waals surface area contributed by atoms with E-state index in [-0.39, 0.29) is 37.9 Å². The molecule has 2 amide bonds. The Morgan fingerprint density at radius 2 is 2.04 bits per heavy atom. The molecule has 2 heterocycles. The lowest BCUT2D eigenvalue weighted by Gasteiger charge is -2.32. The molecular formula is C20H20F3N3O2. The molecule has 2 aromatic rings. The molecule has 1 fully saturated rings. The summed E-state index contributed by atoms with van der Waals surface area (Å²) in [6, 6.07) is 10.3. The topological polar surface area (TPSA) is 62.3 Å². The van der Waals surface area contributed by atoms with E-state index in [0.29, 0.717) is 12.0 Å². The quantitative estimate of drug-likeness (QED) is 0.852. The van der Waals surface area contributed by atoms with Crippen molar-refractivity contribution in [2.75, 3.05) is 6.54 Å². The van der Waals surface area contributed by atoms with Crippen LogP contribution in [0.2, 0.25) is 0 Å². The third-order valence-corrected chi connectivity index (χ3v) is 4.67. The van der Waals surface area contributed by atoms with E-state index in [0.717, 1.165) is 17.8 Å². The lowest BCUT2D eigenvalue weighted by atomic mass is 9.96. The van der Waals surface area contributed by atoms with Gasteiger partial charge in [0.05, 0.1) is 23.7 Å². The maximum atomic E-state index is 12.9. The summed E-state index contributed by atoms with van der Waals surface area (Å²) in [5.41, 5.74) is 0.361. The highest BCUT2D eigenvalue weighted by atomic mass is 19.4. The van der Waals surface area contributed by atoms with Gasteiger partial charge in [-0.15, -0.1) is 0 Å². The van der Waals surface area contributed by atoms with Crippen LogP contribution in [-0.4, -0.2) is 28.2 Å². The Balaban J connectivity index is 1.61. The largest absolute Gasteiger partial charge is 0.416 e. The molecule has 5 nitrogen and oxygen atoms in total. The van der Waals surface area contributed by atoms with E-state index in [2.05, 4.69) is 10.3 Å². The van der Waals surface area contributed by atoms with Gasteiger partial charge >= 0.3 is 6.18 Å². The zero-order valence-electron chi connectivity index (χ0n) is 15.1. The summed E-state index contributed by atoms with van der Waals surface area (Å²) >= 11 is 0. The minimum atomic E-state index is -4.43. The number of amides is 2. The third-order valence-electron chi connectivity index (χ3n) is 4.67. The Morgan fingerprint density at radius 1 is 1.21 bits per heavy atom. The number of carbonyl (C=O) groups excluding carboxylic acids is 2. The van der Waals surface area contributed by atoms with Crippen LogP contribution in [0.25, 0.3) is 0 Å². The van der Waals surface area contributed by atoms with Gasteiger partial charge in [-0.05, 0) is 36.2 Å². The molecular weight excluding hydrogens is 371 g/mol. The second-order valence-electron chi connectivity index (χ2n) is 6.75. The summed E-state index contributed by atoms with van der Waals surface area (Å²) in [6.45, 7) is 0.521. The van der Waals surface area contributed by atoms with Crippen molar-refractivity contribution in [3.8, 4) is 0 Å². The molecule has 1 aromatic carbocycles. The molecule has 1 aromatic heterocycles. The van der Waals surface area contributed by atoms with E-state index < -0.39 is 17.7 Å². The fraction of sp³-hybridized carbons (Fsp3) is 0.350. The van der Waals surface area contributed by atoms with Crippen molar-refractivity contribution in [2.45, 2.75) is 32.1 Å². The molecule has 1 unspecified atom stereocenters. The van der Waals surface area contributed by atoms with Gasteiger partial charge in [0.1, 0.15) is 0 Å².